The summed E-state index contributed by atoms with van der Waals surface area (Å²) in [6.07, 6.45) is 2.33. The van der Waals surface area contributed by atoms with E-state index in [1.54, 1.807) is 6.07 Å². The van der Waals surface area contributed by atoms with Crippen molar-refractivity contribution in [2.75, 3.05) is 5.32 Å². The molecule has 1 aliphatic rings. The average molecular weight is 424 g/mol. The third-order valence-corrected chi connectivity index (χ3v) is 5.46. The lowest BCUT2D eigenvalue weighted by Gasteiger charge is -2.28. The van der Waals surface area contributed by atoms with Crippen molar-refractivity contribution in [1.29, 1.82) is 0 Å². The zero-order valence-electron chi connectivity index (χ0n) is 16.8. The highest BCUT2D eigenvalue weighted by molar-refractivity contribution is 6.00. The maximum atomic E-state index is 13.4. The first-order valence-corrected chi connectivity index (χ1v) is 10.1. The smallest absolute Gasteiger partial charge is 0.251 e. The van der Waals surface area contributed by atoms with E-state index in [9.17, 15) is 18.4 Å². The number of hydrogen-bond acceptors (Lipinski definition) is 3. The number of halogens is 2. The van der Waals surface area contributed by atoms with E-state index < -0.39 is 23.1 Å². The molecule has 1 fully saturated rings. The van der Waals surface area contributed by atoms with E-state index in [0.717, 1.165) is 42.3 Å². The van der Waals surface area contributed by atoms with Gasteiger partial charge in [-0.05, 0) is 36.1 Å². The minimum Gasteiger partial charge on any atom is -0.341 e. The average Bonchev–Trinajstić information content (AvgIpc) is 3.38. The Morgan fingerprint density at radius 1 is 1.00 bits per heavy atom. The predicted octanol–water partition coefficient (Wildman–Crippen LogP) is 3.97. The molecule has 1 heterocycles. The Morgan fingerprint density at radius 2 is 1.68 bits per heavy atom. The molecule has 0 spiro atoms. The second kappa shape index (κ2) is 8.67. The van der Waals surface area contributed by atoms with Crippen molar-refractivity contribution >= 4 is 17.6 Å². The highest BCUT2D eigenvalue weighted by Gasteiger charge is 2.42. The Morgan fingerprint density at radius 3 is 2.35 bits per heavy atom. The molecule has 0 unspecified atom stereocenters. The van der Waals surface area contributed by atoms with Gasteiger partial charge in [-0.1, -0.05) is 43.2 Å². The summed E-state index contributed by atoms with van der Waals surface area (Å²) in [6, 6.07) is 14.3. The normalized spacial score (nSPS) is 14.9. The van der Waals surface area contributed by atoms with Gasteiger partial charge in [0.2, 0.25) is 5.91 Å². The van der Waals surface area contributed by atoms with E-state index in [2.05, 4.69) is 20.8 Å². The molecule has 160 valence electrons. The number of aromatic amines is 1. The molecule has 31 heavy (non-hydrogen) atoms. The van der Waals surface area contributed by atoms with Gasteiger partial charge in [0.1, 0.15) is 17.2 Å². The Balaban J connectivity index is 1.45. The first kappa shape index (κ1) is 20.7. The van der Waals surface area contributed by atoms with Gasteiger partial charge in [0.15, 0.2) is 5.82 Å². The van der Waals surface area contributed by atoms with Crippen LogP contribution < -0.4 is 10.6 Å². The van der Waals surface area contributed by atoms with Gasteiger partial charge in [0, 0.05) is 12.1 Å². The second-order valence-electron chi connectivity index (χ2n) is 7.78. The molecule has 3 aromatic rings. The lowest BCUT2D eigenvalue weighted by molar-refractivity contribution is -0.130. The standard InChI is InChI=1S/C23H22F2N4O2/c24-17-10-15(11-18(25)13-17)12-21(30)27-23(8-4-5-9-23)22(31)26-20-14-19(28-29-20)16-6-2-1-3-7-16/h1-3,6-7,10-11,13-14H,4-5,8-9,12H2,(H,27,30)(H2,26,28,29,31). The van der Waals surface area contributed by atoms with Gasteiger partial charge in [-0.2, -0.15) is 5.10 Å². The van der Waals surface area contributed by atoms with E-state index in [1.165, 1.54) is 0 Å². The molecule has 6 nitrogen and oxygen atoms in total. The molecule has 2 amide bonds. The van der Waals surface area contributed by atoms with Crippen molar-refractivity contribution in [2.45, 2.75) is 37.6 Å². The van der Waals surface area contributed by atoms with E-state index >= 15 is 0 Å². The topological polar surface area (TPSA) is 86.9 Å². The van der Waals surface area contributed by atoms with Crippen molar-refractivity contribution in [3.8, 4) is 11.3 Å². The van der Waals surface area contributed by atoms with Crippen LogP contribution in [0.4, 0.5) is 14.6 Å². The number of carbonyl (C=O) groups excluding carboxylic acids is 2. The number of anilines is 1. The molecule has 1 aromatic heterocycles. The van der Waals surface area contributed by atoms with E-state index in [4.69, 9.17) is 0 Å². The Kier molecular flexibility index (Phi) is 5.79. The first-order chi connectivity index (χ1) is 14.9. The summed E-state index contributed by atoms with van der Waals surface area (Å²) >= 11 is 0. The quantitative estimate of drug-likeness (QED) is 0.560. The fourth-order valence-corrected chi connectivity index (χ4v) is 3.98. The number of nitrogens with zero attached hydrogens (tertiary/aromatic N) is 1. The van der Waals surface area contributed by atoms with Gasteiger partial charge in [-0.25, -0.2) is 8.78 Å². The monoisotopic (exact) mass is 424 g/mol. The van der Waals surface area contributed by atoms with Crippen LogP contribution in [0.1, 0.15) is 31.2 Å². The highest BCUT2D eigenvalue weighted by Crippen LogP contribution is 2.31. The summed E-state index contributed by atoms with van der Waals surface area (Å²) in [5.74, 6) is -1.95. The molecular formula is C23H22F2N4O2. The number of carbonyl (C=O) groups is 2. The first-order valence-electron chi connectivity index (χ1n) is 10.1. The fourth-order valence-electron chi connectivity index (χ4n) is 3.98. The lowest BCUT2D eigenvalue weighted by atomic mass is 9.95. The highest BCUT2D eigenvalue weighted by atomic mass is 19.1. The Labute approximate surface area is 178 Å². The minimum absolute atomic E-state index is 0.211. The van der Waals surface area contributed by atoms with Crippen LogP contribution in [0.3, 0.4) is 0 Å². The number of rotatable bonds is 6. The van der Waals surface area contributed by atoms with Gasteiger partial charge >= 0.3 is 0 Å². The molecule has 0 radical (unpaired) electrons. The van der Waals surface area contributed by atoms with Crippen molar-refractivity contribution in [2.24, 2.45) is 0 Å². The van der Waals surface area contributed by atoms with Crippen molar-refractivity contribution in [1.82, 2.24) is 15.5 Å². The number of aromatic nitrogens is 2. The number of hydrogen-bond donors (Lipinski definition) is 3. The van der Waals surface area contributed by atoms with Gasteiger partial charge in [0.05, 0.1) is 12.1 Å². The van der Waals surface area contributed by atoms with Gasteiger partial charge < -0.3 is 10.6 Å². The van der Waals surface area contributed by atoms with E-state index in [0.29, 0.717) is 18.7 Å². The maximum Gasteiger partial charge on any atom is 0.251 e. The maximum absolute atomic E-state index is 13.4. The molecule has 1 saturated carbocycles. The van der Waals surface area contributed by atoms with Crippen LogP contribution in [0.2, 0.25) is 0 Å². The van der Waals surface area contributed by atoms with Crippen molar-refractivity contribution in [3.63, 3.8) is 0 Å². The van der Waals surface area contributed by atoms with Gasteiger partial charge in [-0.3, -0.25) is 14.7 Å². The summed E-state index contributed by atoms with van der Waals surface area (Å²) in [5.41, 5.74) is 0.827. The molecule has 3 N–H and O–H groups in total. The number of amides is 2. The fraction of sp³-hybridized carbons (Fsp3) is 0.261. The lowest BCUT2D eigenvalue weighted by Crippen LogP contribution is -2.55. The third kappa shape index (κ3) is 4.79. The summed E-state index contributed by atoms with van der Waals surface area (Å²) in [7, 11) is 0. The molecule has 0 saturated heterocycles. The molecule has 0 aliphatic heterocycles. The number of benzene rings is 2. The largest absolute Gasteiger partial charge is 0.341 e. The van der Waals surface area contributed by atoms with Crippen molar-refractivity contribution < 1.29 is 18.4 Å². The van der Waals surface area contributed by atoms with Gasteiger partial charge in [-0.15, -0.1) is 0 Å². The Bertz CT molecular complexity index is 1070. The molecule has 2 aromatic carbocycles. The number of H-pyrrole nitrogens is 1. The summed E-state index contributed by atoms with van der Waals surface area (Å²) in [5, 5.41) is 12.6. The SMILES string of the molecule is O=C(Cc1cc(F)cc(F)c1)NC1(C(=O)Nc2cc(-c3ccccc3)[nH]n2)CCCC1. The van der Waals surface area contributed by atoms with Crippen LogP contribution in [0, 0.1) is 11.6 Å². The van der Waals surface area contributed by atoms with Gasteiger partial charge in [0.25, 0.3) is 5.91 Å². The summed E-state index contributed by atoms with van der Waals surface area (Å²) in [6.45, 7) is 0. The zero-order chi connectivity index (χ0) is 21.8. The van der Waals surface area contributed by atoms with Crippen LogP contribution >= 0.6 is 0 Å². The second-order valence-corrected chi connectivity index (χ2v) is 7.78. The number of nitrogens with one attached hydrogen (secondary N) is 3. The molecule has 1 aliphatic carbocycles. The van der Waals surface area contributed by atoms with E-state index in [1.807, 2.05) is 30.3 Å². The third-order valence-electron chi connectivity index (χ3n) is 5.46. The molecule has 4 rings (SSSR count). The summed E-state index contributed by atoms with van der Waals surface area (Å²) < 4.78 is 26.8. The Hall–Kier alpha value is -3.55. The molecule has 0 bridgehead atoms. The van der Waals surface area contributed by atoms with Crippen LogP contribution in [-0.2, 0) is 16.0 Å². The molecule has 0 atom stereocenters. The molecule has 8 heteroatoms. The summed E-state index contributed by atoms with van der Waals surface area (Å²) in [4.78, 5) is 25.7. The minimum atomic E-state index is -1.07. The van der Waals surface area contributed by atoms with Crippen LogP contribution in [0.5, 0.6) is 0 Å². The van der Waals surface area contributed by atoms with Crippen molar-refractivity contribution in [3.05, 3.63) is 71.8 Å². The zero-order valence-corrected chi connectivity index (χ0v) is 16.8. The van der Waals surface area contributed by atoms with E-state index in [-0.39, 0.29) is 17.9 Å². The van der Waals surface area contributed by atoms with Crippen LogP contribution in [-0.4, -0.2) is 27.6 Å². The van der Waals surface area contributed by atoms with Crippen LogP contribution in [0.25, 0.3) is 11.3 Å². The molecular weight excluding hydrogens is 402 g/mol. The van der Waals surface area contributed by atoms with Crippen LogP contribution in [0.15, 0.2) is 54.6 Å². The predicted molar refractivity (Wildman–Crippen MR) is 112 cm³/mol.